The number of imide groups is 1. The Bertz CT molecular complexity index is 1280. The summed E-state index contributed by atoms with van der Waals surface area (Å²) in [7, 11) is 0. The first-order chi connectivity index (χ1) is 15.8. The van der Waals surface area contributed by atoms with Gasteiger partial charge in [-0.3, -0.25) is 9.59 Å². The van der Waals surface area contributed by atoms with E-state index >= 15 is 0 Å². The Kier molecular flexibility index (Phi) is 6.01. The third-order valence-electron chi connectivity index (χ3n) is 5.44. The summed E-state index contributed by atoms with van der Waals surface area (Å²) in [5, 5.41) is 2.99. The summed E-state index contributed by atoms with van der Waals surface area (Å²) in [6.45, 7) is 7.68. The van der Waals surface area contributed by atoms with E-state index in [1.165, 1.54) is 12.1 Å². The number of para-hydroxylation sites is 2. The van der Waals surface area contributed by atoms with Crippen LogP contribution < -0.4 is 15.0 Å². The quantitative estimate of drug-likeness (QED) is 0.501. The van der Waals surface area contributed by atoms with E-state index in [1.54, 1.807) is 36.4 Å². The zero-order valence-electron chi connectivity index (χ0n) is 19.0. The molecule has 1 aliphatic rings. The fourth-order valence-electron chi connectivity index (χ4n) is 3.74. The van der Waals surface area contributed by atoms with Crippen molar-refractivity contribution >= 4 is 28.8 Å². The minimum Gasteiger partial charge on any atom is -0.489 e. The Morgan fingerprint density at radius 1 is 0.879 bits per heavy atom. The van der Waals surface area contributed by atoms with E-state index in [1.807, 2.05) is 45.9 Å². The van der Waals surface area contributed by atoms with Gasteiger partial charge in [0.05, 0.1) is 17.4 Å². The number of carbonyl (C=O) groups excluding carboxylic acids is 2. The number of aryl methyl sites for hydroxylation is 2. The van der Waals surface area contributed by atoms with Gasteiger partial charge < -0.3 is 10.1 Å². The Balaban J connectivity index is 1.85. The van der Waals surface area contributed by atoms with Crippen molar-refractivity contribution < 1.29 is 18.7 Å². The van der Waals surface area contributed by atoms with Gasteiger partial charge in [0, 0.05) is 5.69 Å². The molecule has 0 unspecified atom stereocenters. The zero-order chi connectivity index (χ0) is 23.7. The van der Waals surface area contributed by atoms with Crippen LogP contribution in [0.3, 0.4) is 0 Å². The van der Waals surface area contributed by atoms with Crippen molar-refractivity contribution in [1.29, 1.82) is 0 Å². The van der Waals surface area contributed by atoms with Gasteiger partial charge in [0.15, 0.2) is 0 Å². The highest BCUT2D eigenvalue weighted by atomic mass is 19.1. The van der Waals surface area contributed by atoms with Crippen molar-refractivity contribution in [2.75, 3.05) is 10.2 Å². The van der Waals surface area contributed by atoms with Crippen molar-refractivity contribution in [2.24, 2.45) is 0 Å². The highest BCUT2D eigenvalue weighted by Crippen LogP contribution is 2.38. The summed E-state index contributed by atoms with van der Waals surface area (Å²) in [5.41, 5.74) is 3.73. The summed E-state index contributed by atoms with van der Waals surface area (Å²) in [6, 6.07) is 18.3. The molecule has 6 heteroatoms. The molecule has 0 saturated carbocycles. The highest BCUT2D eigenvalue weighted by Gasteiger charge is 2.41. The van der Waals surface area contributed by atoms with Crippen LogP contribution in [0.4, 0.5) is 15.8 Å². The molecule has 0 fully saturated rings. The Labute approximate surface area is 192 Å². The molecule has 0 radical (unpaired) electrons. The summed E-state index contributed by atoms with van der Waals surface area (Å²) in [6.07, 6.45) is -0.143. The molecule has 3 aromatic carbocycles. The van der Waals surface area contributed by atoms with Crippen LogP contribution in [-0.4, -0.2) is 17.9 Å². The first-order valence-electron chi connectivity index (χ1n) is 10.7. The topological polar surface area (TPSA) is 58.6 Å². The largest absolute Gasteiger partial charge is 0.489 e. The third-order valence-corrected chi connectivity index (χ3v) is 5.44. The lowest BCUT2D eigenvalue weighted by Gasteiger charge is -2.20. The second-order valence-corrected chi connectivity index (χ2v) is 8.26. The summed E-state index contributed by atoms with van der Waals surface area (Å²) in [4.78, 5) is 28.4. The molecule has 1 N–H and O–H groups in total. The van der Waals surface area contributed by atoms with Crippen LogP contribution in [0, 0.1) is 19.7 Å². The van der Waals surface area contributed by atoms with Gasteiger partial charge in [-0.1, -0.05) is 36.4 Å². The van der Waals surface area contributed by atoms with Gasteiger partial charge in [-0.2, -0.15) is 0 Å². The maximum Gasteiger partial charge on any atom is 0.282 e. The maximum absolute atomic E-state index is 13.8. The number of rotatable bonds is 6. The predicted octanol–water partition coefficient (Wildman–Crippen LogP) is 5.63. The monoisotopic (exact) mass is 444 g/mol. The van der Waals surface area contributed by atoms with E-state index in [-0.39, 0.29) is 17.4 Å². The average molecular weight is 445 g/mol. The van der Waals surface area contributed by atoms with E-state index in [4.69, 9.17) is 4.74 Å². The summed E-state index contributed by atoms with van der Waals surface area (Å²) >= 11 is 0. The van der Waals surface area contributed by atoms with Gasteiger partial charge in [0.1, 0.15) is 17.3 Å². The number of halogens is 1. The van der Waals surface area contributed by atoms with E-state index in [2.05, 4.69) is 5.32 Å². The summed E-state index contributed by atoms with van der Waals surface area (Å²) in [5.74, 6) is -1.02. The van der Waals surface area contributed by atoms with Crippen LogP contribution in [0.1, 0.15) is 30.5 Å². The molecular weight excluding hydrogens is 419 g/mol. The minimum atomic E-state index is -0.530. The number of nitrogens with one attached hydrogen (secondary N) is 1. The van der Waals surface area contributed by atoms with E-state index in [0.29, 0.717) is 22.7 Å². The second kappa shape index (κ2) is 8.90. The van der Waals surface area contributed by atoms with Gasteiger partial charge >= 0.3 is 0 Å². The molecule has 1 aliphatic heterocycles. The molecule has 5 nitrogen and oxygen atoms in total. The van der Waals surface area contributed by atoms with Crippen LogP contribution >= 0.6 is 0 Å². The second-order valence-electron chi connectivity index (χ2n) is 8.26. The average Bonchev–Trinajstić information content (AvgIpc) is 3.00. The Hall–Kier alpha value is -3.93. The van der Waals surface area contributed by atoms with Gasteiger partial charge in [-0.15, -0.1) is 0 Å². The van der Waals surface area contributed by atoms with E-state index in [0.717, 1.165) is 16.0 Å². The maximum atomic E-state index is 13.8. The first-order valence-corrected chi connectivity index (χ1v) is 10.7. The predicted molar refractivity (Wildman–Crippen MR) is 128 cm³/mol. The molecule has 0 atom stereocenters. The lowest BCUT2D eigenvalue weighted by molar-refractivity contribution is -0.120. The van der Waals surface area contributed by atoms with Gasteiger partial charge in [-0.25, -0.2) is 9.29 Å². The summed E-state index contributed by atoms with van der Waals surface area (Å²) < 4.78 is 19.7. The number of nitrogens with zero attached hydrogens (tertiary/aromatic N) is 1. The minimum absolute atomic E-state index is 0.0909. The number of ether oxygens (including phenoxy) is 1. The fourth-order valence-corrected chi connectivity index (χ4v) is 3.74. The lowest BCUT2D eigenvalue weighted by atomic mass is 9.99. The number of carbonyl (C=O) groups is 2. The van der Waals surface area contributed by atoms with Crippen LogP contribution in [0.5, 0.6) is 5.75 Å². The molecule has 1 heterocycles. The number of hydrogen-bond acceptors (Lipinski definition) is 4. The molecular formula is C27H25FN2O3. The fraction of sp³-hybridized carbons (Fsp3) is 0.185. The van der Waals surface area contributed by atoms with Crippen molar-refractivity contribution in [2.45, 2.75) is 33.8 Å². The molecule has 0 saturated heterocycles. The van der Waals surface area contributed by atoms with Gasteiger partial charge in [-0.05, 0) is 74.7 Å². The van der Waals surface area contributed by atoms with Gasteiger partial charge in [0.2, 0.25) is 0 Å². The molecule has 168 valence electrons. The molecule has 2 amide bonds. The Morgan fingerprint density at radius 2 is 1.64 bits per heavy atom. The highest BCUT2D eigenvalue weighted by molar-refractivity contribution is 6.46. The van der Waals surface area contributed by atoms with Crippen LogP contribution in [0.15, 0.2) is 72.4 Å². The first kappa shape index (κ1) is 22.3. The standard InChI is InChI=1S/C27H25FN2O3/c1-16(2)33-23-11-6-5-10-22(23)30-26(31)24(19-13-12-17(3)18(4)14-19)25(27(30)32)29-21-9-7-8-20(28)15-21/h5-16,29H,1-4H3. The van der Waals surface area contributed by atoms with Gasteiger partial charge in [0.25, 0.3) is 11.8 Å². The van der Waals surface area contributed by atoms with Crippen LogP contribution in [0.2, 0.25) is 0 Å². The molecule has 33 heavy (non-hydrogen) atoms. The molecule has 0 spiro atoms. The van der Waals surface area contributed by atoms with Crippen molar-refractivity contribution in [3.05, 3.63) is 94.9 Å². The van der Waals surface area contributed by atoms with E-state index < -0.39 is 17.6 Å². The van der Waals surface area contributed by atoms with Crippen LogP contribution in [0.25, 0.3) is 5.57 Å². The Morgan fingerprint density at radius 3 is 2.33 bits per heavy atom. The van der Waals surface area contributed by atoms with E-state index in [9.17, 15) is 14.0 Å². The normalized spacial score (nSPS) is 13.8. The SMILES string of the molecule is Cc1ccc(C2=C(Nc3cccc(F)c3)C(=O)N(c3ccccc3OC(C)C)C2=O)cc1C. The van der Waals surface area contributed by atoms with Crippen molar-refractivity contribution in [3.8, 4) is 5.75 Å². The number of hydrogen-bond donors (Lipinski definition) is 1. The number of anilines is 2. The third kappa shape index (κ3) is 4.37. The van der Waals surface area contributed by atoms with Crippen LogP contribution in [-0.2, 0) is 9.59 Å². The lowest BCUT2D eigenvalue weighted by Crippen LogP contribution is -2.33. The van der Waals surface area contributed by atoms with Crippen molar-refractivity contribution in [1.82, 2.24) is 0 Å². The number of amides is 2. The molecule has 0 bridgehead atoms. The smallest absolute Gasteiger partial charge is 0.282 e. The zero-order valence-corrected chi connectivity index (χ0v) is 19.0. The van der Waals surface area contributed by atoms with Crippen molar-refractivity contribution in [3.63, 3.8) is 0 Å². The molecule has 0 aromatic heterocycles. The molecule has 3 aromatic rings. The molecule has 4 rings (SSSR count). The number of benzene rings is 3. The molecule has 0 aliphatic carbocycles.